The molecule has 0 atom stereocenters. The molecule has 10 aromatic rings. The van der Waals surface area contributed by atoms with Crippen LogP contribution in [0.3, 0.4) is 0 Å². The summed E-state index contributed by atoms with van der Waals surface area (Å²) in [6.07, 6.45) is 24.3. The van der Waals surface area contributed by atoms with Gasteiger partial charge in [-0.2, -0.15) is 0 Å². The normalized spacial score (nSPS) is 13.5. The van der Waals surface area contributed by atoms with Gasteiger partial charge in [-0.3, -0.25) is 0 Å². The van der Waals surface area contributed by atoms with Gasteiger partial charge < -0.3 is 4.90 Å². The van der Waals surface area contributed by atoms with Crippen molar-refractivity contribution in [2.24, 2.45) is 0 Å². The zero-order valence-corrected chi connectivity index (χ0v) is 48.2. The summed E-state index contributed by atoms with van der Waals surface area (Å²) in [5.41, 5.74) is 26.8. The smallest absolute Gasteiger partial charge is 0.0543 e. The molecule has 0 saturated heterocycles. The lowest BCUT2D eigenvalue weighted by Gasteiger charge is -2.31. The van der Waals surface area contributed by atoms with Gasteiger partial charge in [0.05, 0.1) is 5.69 Å². The molecule has 2 aliphatic rings. The second-order valence-corrected chi connectivity index (χ2v) is 25.1. The minimum atomic E-state index is -0.288. The predicted octanol–water partition coefficient (Wildman–Crippen LogP) is 20.1. The third-order valence-electron chi connectivity index (χ3n) is 17.5. The molecule has 81 heavy (non-hydrogen) atoms. The van der Waals surface area contributed by atoms with Gasteiger partial charge in [0, 0.05) is 49.8 Å². The standard InChI is InChI=1S/C80H65N/c1-15-50-24-22-30-62(60(50)17-3)64-42-32-54(45-68(64)63-31-23-25-51(16-2)61(63)18-4)52-26-21-27-53(44-52)55-33-43-65-69-47-73-70(48-72(69)79(11,12)71(65)46-55)76-67-29-20-19-28-66(67)75(49-74(76)80(73,13)14)81(58-38-34-56(35-39-58)77(5,6)7)59-40-36-57(37-41-59)78(8,9)10/h1-4,19-49H,5-14H3. The maximum Gasteiger partial charge on any atom is 0.0543 e. The van der Waals surface area contributed by atoms with E-state index in [9.17, 15) is 0 Å². The van der Waals surface area contributed by atoms with Gasteiger partial charge in [-0.1, -0.05) is 208 Å². The molecule has 12 rings (SSSR count). The monoisotopic (exact) mass is 1040 g/mol. The van der Waals surface area contributed by atoms with Crippen LogP contribution in [0.25, 0.3) is 77.5 Å². The second-order valence-electron chi connectivity index (χ2n) is 25.1. The molecule has 0 aliphatic heterocycles. The van der Waals surface area contributed by atoms with E-state index in [0.717, 1.165) is 55.9 Å². The van der Waals surface area contributed by atoms with Crippen molar-refractivity contribution >= 4 is 27.8 Å². The number of benzene rings is 10. The van der Waals surface area contributed by atoms with Crippen LogP contribution in [0.2, 0.25) is 0 Å². The van der Waals surface area contributed by atoms with E-state index in [2.05, 4.69) is 249 Å². The van der Waals surface area contributed by atoms with E-state index >= 15 is 0 Å². The lowest BCUT2D eigenvalue weighted by molar-refractivity contribution is 0.590. The lowest BCUT2D eigenvalue weighted by atomic mass is 9.79. The molecule has 0 heterocycles. The first-order valence-electron chi connectivity index (χ1n) is 28.1. The molecule has 0 unspecified atom stereocenters. The van der Waals surface area contributed by atoms with Crippen LogP contribution >= 0.6 is 0 Å². The summed E-state index contributed by atoms with van der Waals surface area (Å²) in [7, 11) is 0. The Hall–Kier alpha value is -9.50. The summed E-state index contributed by atoms with van der Waals surface area (Å²) in [5, 5.41) is 2.50. The summed E-state index contributed by atoms with van der Waals surface area (Å²) < 4.78 is 0. The number of hydrogen-bond acceptors (Lipinski definition) is 1. The van der Waals surface area contributed by atoms with E-state index in [-0.39, 0.29) is 21.7 Å². The van der Waals surface area contributed by atoms with E-state index in [1.165, 1.54) is 72.1 Å². The van der Waals surface area contributed by atoms with E-state index in [1.54, 1.807) is 0 Å². The van der Waals surface area contributed by atoms with E-state index < -0.39 is 0 Å². The zero-order chi connectivity index (χ0) is 56.9. The molecular formula is C80H65N. The Kier molecular flexibility index (Phi) is 12.3. The van der Waals surface area contributed by atoms with Crippen molar-refractivity contribution in [3.05, 3.63) is 244 Å². The molecule has 0 radical (unpaired) electrons. The topological polar surface area (TPSA) is 3.24 Å². The molecular weight excluding hydrogens is 975 g/mol. The number of rotatable bonds is 7. The Balaban J connectivity index is 0.946. The van der Waals surface area contributed by atoms with Gasteiger partial charge in [-0.05, 0) is 189 Å². The Bertz CT molecular complexity index is 4370. The van der Waals surface area contributed by atoms with Crippen molar-refractivity contribution in [1.29, 1.82) is 0 Å². The summed E-state index contributed by atoms with van der Waals surface area (Å²) in [5.74, 6) is 11.4. The summed E-state index contributed by atoms with van der Waals surface area (Å²) in [4.78, 5) is 2.48. The van der Waals surface area contributed by atoms with Gasteiger partial charge in [0.1, 0.15) is 0 Å². The highest BCUT2D eigenvalue weighted by molar-refractivity contribution is 6.10. The highest BCUT2D eigenvalue weighted by Crippen LogP contribution is 2.59. The fourth-order valence-electron chi connectivity index (χ4n) is 13.0. The Morgan fingerprint density at radius 2 is 0.802 bits per heavy atom. The third kappa shape index (κ3) is 8.48. The minimum Gasteiger partial charge on any atom is -0.310 e. The SMILES string of the molecule is C#Cc1cccc(-c2ccc(-c3cccc(-c4ccc5c(c4)C(C)(C)c4cc6c(cc4-5)C(C)(C)c4cc(N(c5ccc(C(C)(C)C)cc5)c5ccc(C(C)(C)C)cc5)c5ccccc5c4-6)c3)cc2-c2cccc(C#C)c2C#C)c1C#C. The molecule has 2 aliphatic carbocycles. The first kappa shape index (κ1) is 52.2. The van der Waals surface area contributed by atoms with Crippen molar-refractivity contribution < 1.29 is 0 Å². The first-order chi connectivity index (χ1) is 38.8. The highest BCUT2D eigenvalue weighted by atomic mass is 15.1. The number of hydrogen-bond donors (Lipinski definition) is 0. The van der Waals surface area contributed by atoms with Gasteiger partial charge in [0.2, 0.25) is 0 Å². The van der Waals surface area contributed by atoms with Crippen LogP contribution in [-0.4, -0.2) is 0 Å². The molecule has 10 aromatic carbocycles. The van der Waals surface area contributed by atoms with Gasteiger partial charge >= 0.3 is 0 Å². The van der Waals surface area contributed by atoms with Crippen LogP contribution in [0.5, 0.6) is 0 Å². The maximum atomic E-state index is 6.22. The quantitative estimate of drug-likeness (QED) is 0.144. The second kappa shape index (κ2) is 19.1. The fourth-order valence-corrected chi connectivity index (χ4v) is 13.0. The van der Waals surface area contributed by atoms with Crippen molar-refractivity contribution in [3.63, 3.8) is 0 Å². The van der Waals surface area contributed by atoms with Gasteiger partial charge in [-0.15, -0.1) is 25.7 Å². The van der Waals surface area contributed by atoms with E-state index in [4.69, 9.17) is 25.7 Å². The molecule has 0 saturated carbocycles. The molecule has 0 amide bonds. The summed E-state index contributed by atoms with van der Waals surface area (Å²) in [6.45, 7) is 23.3. The molecule has 0 bridgehead atoms. The molecule has 0 aromatic heterocycles. The van der Waals surface area contributed by atoms with Crippen LogP contribution in [0.1, 0.15) is 125 Å². The lowest BCUT2D eigenvalue weighted by Crippen LogP contribution is -2.18. The maximum absolute atomic E-state index is 6.22. The molecule has 0 spiro atoms. The fraction of sp³-hybridized carbons (Fsp3) is 0.175. The Morgan fingerprint density at radius 3 is 1.35 bits per heavy atom. The van der Waals surface area contributed by atoms with Crippen LogP contribution in [0, 0.1) is 49.4 Å². The van der Waals surface area contributed by atoms with Crippen LogP contribution in [0.15, 0.2) is 188 Å². The zero-order valence-electron chi connectivity index (χ0n) is 48.2. The molecule has 1 nitrogen and oxygen atoms in total. The Morgan fingerprint density at radius 1 is 0.346 bits per heavy atom. The number of fused-ring (bicyclic) bond motifs is 8. The van der Waals surface area contributed by atoms with Crippen molar-refractivity contribution in [1.82, 2.24) is 0 Å². The average Bonchev–Trinajstić information content (AvgIpc) is 3.77. The van der Waals surface area contributed by atoms with Crippen LogP contribution in [0.4, 0.5) is 17.1 Å². The molecule has 0 fully saturated rings. The number of anilines is 3. The third-order valence-corrected chi connectivity index (χ3v) is 17.5. The van der Waals surface area contributed by atoms with E-state index in [1.807, 2.05) is 36.4 Å². The van der Waals surface area contributed by atoms with Gasteiger partial charge in [0.15, 0.2) is 0 Å². The van der Waals surface area contributed by atoms with Crippen LogP contribution < -0.4 is 4.90 Å². The molecule has 0 N–H and O–H groups in total. The highest BCUT2D eigenvalue weighted by Gasteiger charge is 2.43. The molecule has 1 heteroatoms. The largest absolute Gasteiger partial charge is 0.310 e. The summed E-state index contributed by atoms with van der Waals surface area (Å²) >= 11 is 0. The number of terminal acetylenes is 4. The average molecular weight is 1040 g/mol. The van der Waals surface area contributed by atoms with Crippen LogP contribution in [-0.2, 0) is 21.7 Å². The van der Waals surface area contributed by atoms with Gasteiger partial charge in [0.25, 0.3) is 0 Å². The van der Waals surface area contributed by atoms with Crippen molar-refractivity contribution in [2.45, 2.75) is 90.9 Å². The minimum absolute atomic E-state index is 0.0394. The first-order valence-corrected chi connectivity index (χ1v) is 28.1. The summed E-state index contributed by atoms with van der Waals surface area (Å²) in [6, 6.07) is 69.1. The van der Waals surface area contributed by atoms with Crippen molar-refractivity contribution in [3.8, 4) is 116 Å². The van der Waals surface area contributed by atoms with Gasteiger partial charge in [-0.25, -0.2) is 0 Å². The molecule has 390 valence electrons. The van der Waals surface area contributed by atoms with Crippen molar-refractivity contribution in [2.75, 3.05) is 4.90 Å². The Labute approximate surface area is 480 Å². The van der Waals surface area contributed by atoms with E-state index in [0.29, 0.717) is 22.3 Å². The number of nitrogens with zero attached hydrogens (tertiary/aromatic N) is 1. The predicted molar refractivity (Wildman–Crippen MR) is 345 cm³/mol.